The number of nitrogens with zero attached hydrogens (tertiary/aromatic N) is 5. The summed E-state index contributed by atoms with van der Waals surface area (Å²) in [7, 11) is 5.51. The third-order valence-corrected chi connectivity index (χ3v) is 5.75. The monoisotopic (exact) mass is 415 g/mol. The zero-order valence-electron chi connectivity index (χ0n) is 17.3. The van der Waals surface area contributed by atoms with Crippen molar-refractivity contribution in [2.24, 2.45) is 0 Å². The lowest BCUT2D eigenvalue weighted by atomic mass is 10.3. The number of aromatic nitrogens is 3. The standard InChI is InChI=1S/C20H25N5O3S/c1-13-14(2)21-12-24(19(13)27)11-18(26)25(9-8-23(3)4)20-22-16-7-6-15(28-5)10-17(16)29-20/h6-7,10,12H,8-9,11H2,1-5H3. The molecule has 0 atom stereocenters. The first-order valence-electron chi connectivity index (χ1n) is 9.22. The summed E-state index contributed by atoms with van der Waals surface area (Å²) in [5, 5.41) is 0.602. The molecule has 0 aliphatic carbocycles. The van der Waals surface area contributed by atoms with Crippen molar-refractivity contribution in [2.75, 3.05) is 39.2 Å². The van der Waals surface area contributed by atoms with Gasteiger partial charge in [0.05, 0.1) is 23.7 Å². The van der Waals surface area contributed by atoms with E-state index in [4.69, 9.17) is 4.74 Å². The largest absolute Gasteiger partial charge is 0.497 e. The second kappa shape index (κ2) is 8.71. The highest BCUT2D eigenvalue weighted by atomic mass is 32.1. The number of carbonyl (C=O) groups excluding carboxylic acids is 1. The highest BCUT2D eigenvalue weighted by Crippen LogP contribution is 2.31. The first-order valence-corrected chi connectivity index (χ1v) is 10.0. The number of thiazole rings is 1. The van der Waals surface area contributed by atoms with Crippen molar-refractivity contribution in [2.45, 2.75) is 20.4 Å². The van der Waals surface area contributed by atoms with Crippen LogP contribution in [0.4, 0.5) is 5.13 Å². The van der Waals surface area contributed by atoms with Crippen molar-refractivity contribution >= 4 is 32.6 Å². The van der Waals surface area contributed by atoms with Gasteiger partial charge in [-0.2, -0.15) is 0 Å². The Kier molecular flexibility index (Phi) is 6.29. The number of fused-ring (bicyclic) bond motifs is 1. The van der Waals surface area contributed by atoms with E-state index in [1.807, 2.05) is 37.2 Å². The minimum absolute atomic E-state index is 0.0837. The summed E-state index contributed by atoms with van der Waals surface area (Å²) in [5.41, 5.74) is 1.82. The third kappa shape index (κ3) is 4.63. The van der Waals surface area contributed by atoms with E-state index in [1.165, 1.54) is 22.2 Å². The lowest BCUT2D eigenvalue weighted by molar-refractivity contribution is -0.119. The maximum Gasteiger partial charge on any atom is 0.256 e. The van der Waals surface area contributed by atoms with Crippen LogP contribution < -0.4 is 15.2 Å². The maximum atomic E-state index is 13.1. The first kappa shape index (κ1) is 20.9. The van der Waals surface area contributed by atoms with E-state index in [-0.39, 0.29) is 18.0 Å². The van der Waals surface area contributed by atoms with Crippen LogP contribution in [0.3, 0.4) is 0 Å². The van der Waals surface area contributed by atoms with Gasteiger partial charge in [-0.25, -0.2) is 9.97 Å². The van der Waals surface area contributed by atoms with Gasteiger partial charge in [0.15, 0.2) is 5.13 Å². The molecular formula is C20H25N5O3S. The first-order chi connectivity index (χ1) is 13.8. The molecule has 1 aromatic carbocycles. The maximum absolute atomic E-state index is 13.1. The summed E-state index contributed by atoms with van der Waals surface area (Å²) in [6, 6.07) is 5.63. The molecule has 0 bridgehead atoms. The van der Waals surface area contributed by atoms with Crippen LogP contribution in [0.5, 0.6) is 5.75 Å². The van der Waals surface area contributed by atoms with Gasteiger partial charge in [-0.15, -0.1) is 0 Å². The Balaban J connectivity index is 1.93. The van der Waals surface area contributed by atoms with Crippen LogP contribution >= 0.6 is 11.3 Å². The average molecular weight is 416 g/mol. The molecular weight excluding hydrogens is 390 g/mol. The molecule has 0 unspecified atom stereocenters. The number of rotatable bonds is 7. The van der Waals surface area contributed by atoms with Crippen LogP contribution in [-0.4, -0.2) is 59.6 Å². The average Bonchev–Trinajstić information content (AvgIpc) is 3.11. The van der Waals surface area contributed by atoms with Gasteiger partial charge in [-0.05, 0) is 46.1 Å². The fraction of sp³-hybridized carbons (Fsp3) is 0.400. The van der Waals surface area contributed by atoms with Gasteiger partial charge in [0.2, 0.25) is 5.91 Å². The van der Waals surface area contributed by atoms with E-state index in [0.29, 0.717) is 29.5 Å². The zero-order chi connectivity index (χ0) is 21.1. The Morgan fingerprint density at radius 2 is 2.00 bits per heavy atom. The number of amides is 1. The van der Waals surface area contributed by atoms with Crippen molar-refractivity contribution < 1.29 is 9.53 Å². The topological polar surface area (TPSA) is 80.6 Å². The quantitative estimate of drug-likeness (QED) is 0.588. The molecule has 0 aliphatic heterocycles. The summed E-state index contributed by atoms with van der Waals surface area (Å²) in [4.78, 5) is 38.1. The number of aryl methyl sites for hydroxylation is 1. The van der Waals surface area contributed by atoms with E-state index in [2.05, 4.69) is 9.97 Å². The van der Waals surface area contributed by atoms with Crippen molar-refractivity contribution in [3.63, 3.8) is 0 Å². The van der Waals surface area contributed by atoms with E-state index in [9.17, 15) is 9.59 Å². The molecule has 2 aromatic heterocycles. The van der Waals surface area contributed by atoms with E-state index in [0.717, 1.165) is 16.0 Å². The van der Waals surface area contributed by atoms with Crippen LogP contribution in [0.15, 0.2) is 29.3 Å². The predicted molar refractivity (Wildman–Crippen MR) is 115 cm³/mol. The number of hydrogen-bond acceptors (Lipinski definition) is 7. The van der Waals surface area contributed by atoms with Crippen LogP contribution in [0.25, 0.3) is 10.2 Å². The molecule has 1 amide bonds. The molecule has 0 saturated carbocycles. The second-order valence-corrected chi connectivity index (χ2v) is 8.08. The van der Waals surface area contributed by atoms with Crippen LogP contribution in [0.2, 0.25) is 0 Å². The molecule has 154 valence electrons. The number of likely N-dealkylation sites (N-methyl/N-ethyl adjacent to an activating group) is 1. The molecule has 0 spiro atoms. The summed E-state index contributed by atoms with van der Waals surface area (Å²) in [6.45, 7) is 4.55. The van der Waals surface area contributed by atoms with Crippen molar-refractivity contribution in [3.05, 3.63) is 46.1 Å². The minimum atomic E-state index is -0.204. The fourth-order valence-electron chi connectivity index (χ4n) is 2.78. The number of benzene rings is 1. The molecule has 3 rings (SSSR count). The molecule has 0 saturated heterocycles. The Morgan fingerprint density at radius 1 is 1.24 bits per heavy atom. The molecule has 0 radical (unpaired) electrons. The van der Waals surface area contributed by atoms with E-state index >= 15 is 0 Å². The third-order valence-electron chi connectivity index (χ3n) is 4.71. The Bertz CT molecular complexity index is 1090. The molecule has 2 heterocycles. The molecule has 3 aromatic rings. The lowest BCUT2D eigenvalue weighted by Gasteiger charge is -2.22. The van der Waals surface area contributed by atoms with Gasteiger partial charge in [-0.1, -0.05) is 11.3 Å². The lowest BCUT2D eigenvalue weighted by Crippen LogP contribution is -2.40. The number of methoxy groups -OCH3 is 1. The van der Waals surface area contributed by atoms with Gasteiger partial charge in [0, 0.05) is 24.3 Å². The summed E-state index contributed by atoms with van der Waals surface area (Å²) < 4.78 is 7.57. The van der Waals surface area contributed by atoms with Gasteiger partial charge in [0.25, 0.3) is 5.56 Å². The van der Waals surface area contributed by atoms with Gasteiger partial charge >= 0.3 is 0 Å². The Labute approximate surface area is 173 Å². The summed E-state index contributed by atoms with van der Waals surface area (Å²) in [5.74, 6) is 0.539. The van der Waals surface area contributed by atoms with Gasteiger partial charge in [0.1, 0.15) is 12.3 Å². The van der Waals surface area contributed by atoms with Crippen molar-refractivity contribution in [1.29, 1.82) is 0 Å². The predicted octanol–water partition coefficient (Wildman–Crippen LogP) is 2.07. The Hall–Kier alpha value is -2.78. The van der Waals surface area contributed by atoms with E-state index in [1.54, 1.807) is 25.9 Å². The molecule has 8 nitrogen and oxygen atoms in total. The van der Waals surface area contributed by atoms with Crippen molar-refractivity contribution in [3.8, 4) is 5.75 Å². The van der Waals surface area contributed by atoms with Gasteiger partial charge < -0.3 is 9.64 Å². The normalized spacial score (nSPS) is 11.2. The molecule has 0 N–H and O–H groups in total. The summed E-state index contributed by atoms with van der Waals surface area (Å²) >= 11 is 1.43. The molecule has 9 heteroatoms. The molecule has 0 aliphatic rings. The van der Waals surface area contributed by atoms with E-state index < -0.39 is 0 Å². The molecule has 29 heavy (non-hydrogen) atoms. The SMILES string of the molecule is COc1ccc2nc(N(CCN(C)C)C(=O)Cn3cnc(C)c(C)c3=O)sc2c1. The van der Waals surface area contributed by atoms with Crippen LogP contribution in [0.1, 0.15) is 11.3 Å². The highest BCUT2D eigenvalue weighted by molar-refractivity contribution is 7.22. The molecule has 0 fully saturated rings. The van der Waals surface area contributed by atoms with Crippen molar-refractivity contribution in [1.82, 2.24) is 19.4 Å². The number of anilines is 1. The van der Waals surface area contributed by atoms with Crippen LogP contribution in [-0.2, 0) is 11.3 Å². The van der Waals surface area contributed by atoms with Crippen LogP contribution in [0, 0.1) is 13.8 Å². The smallest absolute Gasteiger partial charge is 0.256 e. The zero-order valence-corrected chi connectivity index (χ0v) is 18.1. The number of ether oxygens (including phenoxy) is 1. The minimum Gasteiger partial charge on any atom is -0.497 e. The Morgan fingerprint density at radius 3 is 2.69 bits per heavy atom. The number of hydrogen-bond donors (Lipinski definition) is 0. The summed E-state index contributed by atoms with van der Waals surface area (Å²) in [6.07, 6.45) is 1.43. The fourth-order valence-corrected chi connectivity index (χ4v) is 3.82. The van der Waals surface area contributed by atoms with Gasteiger partial charge in [-0.3, -0.25) is 19.1 Å². The number of carbonyl (C=O) groups is 1. The highest BCUT2D eigenvalue weighted by Gasteiger charge is 2.21. The second-order valence-electron chi connectivity index (χ2n) is 7.07.